The number of fused-ring (bicyclic) bond motifs is 1. The van der Waals surface area contributed by atoms with Crippen molar-refractivity contribution >= 4 is 11.7 Å². The topological polar surface area (TPSA) is 99.9 Å². The average molecular weight is 366 g/mol. The Morgan fingerprint density at radius 1 is 1.22 bits per heavy atom. The Bertz CT molecular complexity index is 944. The number of rotatable bonds is 4. The third kappa shape index (κ3) is 3.69. The molecule has 0 atom stereocenters. The normalized spacial score (nSPS) is 13.3. The van der Waals surface area contributed by atoms with E-state index in [1.165, 1.54) is 24.1 Å². The SMILES string of the molecule is Cc1nnc(-c2ccc(NC(=O)N(C)Cc3n[nH]c4c3CCCC4)cc2)o1. The molecule has 3 aromatic rings. The van der Waals surface area contributed by atoms with Gasteiger partial charge >= 0.3 is 6.03 Å². The highest BCUT2D eigenvalue weighted by Gasteiger charge is 2.19. The Labute approximate surface area is 157 Å². The molecule has 0 unspecified atom stereocenters. The third-order valence-corrected chi connectivity index (χ3v) is 4.78. The fourth-order valence-electron chi connectivity index (χ4n) is 3.31. The number of aromatic nitrogens is 4. The number of nitrogens with one attached hydrogen (secondary N) is 2. The summed E-state index contributed by atoms with van der Waals surface area (Å²) in [6, 6.07) is 7.14. The minimum atomic E-state index is -0.177. The van der Waals surface area contributed by atoms with Crippen LogP contribution in [0.4, 0.5) is 10.5 Å². The van der Waals surface area contributed by atoms with E-state index in [1.54, 1.807) is 18.9 Å². The highest BCUT2D eigenvalue weighted by Crippen LogP contribution is 2.23. The van der Waals surface area contributed by atoms with Gasteiger partial charge in [0, 0.05) is 30.9 Å². The van der Waals surface area contributed by atoms with E-state index in [9.17, 15) is 4.79 Å². The summed E-state index contributed by atoms with van der Waals surface area (Å²) in [5, 5.41) is 18.2. The number of H-pyrrole nitrogens is 1. The van der Waals surface area contributed by atoms with Crippen LogP contribution >= 0.6 is 0 Å². The summed E-state index contributed by atoms with van der Waals surface area (Å²) in [4.78, 5) is 14.1. The van der Waals surface area contributed by atoms with Crippen molar-refractivity contribution in [3.05, 3.63) is 47.1 Å². The molecule has 2 N–H and O–H groups in total. The zero-order chi connectivity index (χ0) is 18.8. The second kappa shape index (κ2) is 7.22. The first-order valence-electron chi connectivity index (χ1n) is 9.08. The predicted octanol–water partition coefficient (Wildman–Crippen LogP) is 3.31. The van der Waals surface area contributed by atoms with E-state index in [-0.39, 0.29) is 6.03 Å². The summed E-state index contributed by atoms with van der Waals surface area (Å²) in [7, 11) is 1.77. The van der Waals surface area contributed by atoms with Gasteiger partial charge in [0.2, 0.25) is 11.8 Å². The van der Waals surface area contributed by atoms with Gasteiger partial charge in [-0.15, -0.1) is 10.2 Å². The minimum Gasteiger partial charge on any atom is -0.421 e. The van der Waals surface area contributed by atoms with Gasteiger partial charge in [0.1, 0.15) is 0 Å². The van der Waals surface area contributed by atoms with Crippen LogP contribution in [0.25, 0.3) is 11.5 Å². The standard InChI is InChI=1S/C19H22N6O2/c1-12-21-24-18(27-12)13-7-9-14(10-8-13)20-19(26)25(2)11-17-15-5-3-4-6-16(15)22-23-17/h7-10H,3-6,11H2,1-2H3,(H,20,26)(H,22,23). The molecule has 1 aliphatic carbocycles. The Morgan fingerprint density at radius 2 is 2.00 bits per heavy atom. The molecule has 4 rings (SSSR count). The van der Waals surface area contributed by atoms with E-state index < -0.39 is 0 Å². The number of hydrogen-bond acceptors (Lipinski definition) is 5. The molecule has 27 heavy (non-hydrogen) atoms. The first-order valence-corrected chi connectivity index (χ1v) is 9.08. The number of carbonyl (C=O) groups is 1. The molecule has 0 saturated heterocycles. The van der Waals surface area contributed by atoms with Crippen LogP contribution in [0.3, 0.4) is 0 Å². The minimum absolute atomic E-state index is 0.177. The van der Waals surface area contributed by atoms with Crippen molar-refractivity contribution in [2.24, 2.45) is 0 Å². The number of aryl methyl sites for hydroxylation is 2. The number of hydrogen-bond donors (Lipinski definition) is 2. The van der Waals surface area contributed by atoms with E-state index in [0.29, 0.717) is 24.0 Å². The molecule has 2 amide bonds. The maximum atomic E-state index is 12.5. The number of nitrogens with zero attached hydrogens (tertiary/aromatic N) is 4. The molecule has 0 bridgehead atoms. The lowest BCUT2D eigenvalue weighted by Gasteiger charge is -2.18. The summed E-state index contributed by atoms with van der Waals surface area (Å²) in [5.74, 6) is 0.982. The van der Waals surface area contributed by atoms with Crippen molar-refractivity contribution in [1.82, 2.24) is 25.3 Å². The van der Waals surface area contributed by atoms with Gasteiger partial charge in [-0.3, -0.25) is 5.10 Å². The molecule has 0 spiro atoms. The molecule has 140 valence electrons. The fourth-order valence-corrected chi connectivity index (χ4v) is 3.31. The van der Waals surface area contributed by atoms with Crippen molar-refractivity contribution in [2.75, 3.05) is 12.4 Å². The van der Waals surface area contributed by atoms with Crippen molar-refractivity contribution in [2.45, 2.75) is 39.2 Å². The molecule has 8 nitrogen and oxygen atoms in total. The first-order chi connectivity index (χ1) is 13.1. The predicted molar refractivity (Wildman–Crippen MR) is 100 cm³/mol. The lowest BCUT2D eigenvalue weighted by atomic mass is 9.96. The summed E-state index contributed by atoms with van der Waals surface area (Å²) in [6.45, 7) is 2.23. The fraction of sp³-hybridized carbons (Fsp3) is 0.368. The zero-order valence-corrected chi connectivity index (χ0v) is 15.5. The molecule has 8 heteroatoms. The lowest BCUT2D eigenvalue weighted by Crippen LogP contribution is -2.31. The molecule has 0 aliphatic heterocycles. The van der Waals surface area contributed by atoms with Gasteiger partial charge in [-0.2, -0.15) is 5.10 Å². The highest BCUT2D eigenvalue weighted by atomic mass is 16.4. The van der Waals surface area contributed by atoms with E-state index >= 15 is 0 Å². The van der Waals surface area contributed by atoms with Crippen LogP contribution in [0, 0.1) is 6.92 Å². The average Bonchev–Trinajstić information content (AvgIpc) is 3.29. The molecule has 2 aromatic heterocycles. The van der Waals surface area contributed by atoms with Crippen LogP contribution in [0.5, 0.6) is 0 Å². The number of amides is 2. The molecule has 2 heterocycles. The second-order valence-corrected chi connectivity index (χ2v) is 6.82. The van der Waals surface area contributed by atoms with Crippen LogP contribution in [0.2, 0.25) is 0 Å². The molecule has 0 saturated carbocycles. The number of benzene rings is 1. The Morgan fingerprint density at radius 3 is 2.74 bits per heavy atom. The van der Waals surface area contributed by atoms with Gasteiger partial charge in [0.05, 0.1) is 12.2 Å². The molecule has 1 aromatic carbocycles. The van der Waals surface area contributed by atoms with Crippen molar-refractivity contribution < 1.29 is 9.21 Å². The Balaban J connectivity index is 1.39. The smallest absolute Gasteiger partial charge is 0.321 e. The second-order valence-electron chi connectivity index (χ2n) is 6.82. The number of anilines is 1. The van der Waals surface area contributed by atoms with Crippen molar-refractivity contribution in [3.63, 3.8) is 0 Å². The van der Waals surface area contributed by atoms with Crippen molar-refractivity contribution in [1.29, 1.82) is 0 Å². The third-order valence-electron chi connectivity index (χ3n) is 4.78. The molecular weight excluding hydrogens is 344 g/mol. The number of urea groups is 1. The Hall–Kier alpha value is -3.16. The molecule has 0 fully saturated rings. The van der Waals surface area contributed by atoms with Crippen LogP contribution in [-0.4, -0.2) is 38.4 Å². The van der Waals surface area contributed by atoms with Crippen LogP contribution in [0.15, 0.2) is 28.7 Å². The maximum absolute atomic E-state index is 12.5. The zero-order valence-electron chi connectivity index (χ0n) is 15.5. The van der Waals surface area contributed by atoms with E-state index in [2.05, 4.69) is 25.7 Å². The summed E-state index contributed by atoms with van der Waals surface area (Å²) in [5.41, 5.74) is 4.97. The van der Waals surface area contributed by atoms with Crippen molar-refractivity contribution in [3.8, 4) is 11.5 Å². The summed E-state index contributed by atoms with van der Waals surface area (Å²) in [6.07, 6.45) is 4.46. The monoisotopic (exact) mass is 366 g/mol. The van der Waals surface area contributed by atoms with Crippen LogP contribution in [0.1, 0.15) is 35.7 Å². The van der Waals surface area contributed by atoms with Gasteiger partial charge in [0.25, 0.3) is 0 Å². The molecule has 1 aliphatic rings. The van der Waals surface area contributed by atoms with Crippen LogP contribution in [-0.2, 0) is 19.4 Å². The maximum Gasteiger partial charge on any atom is 0.321 e. The van der Waals surface area contributed by atoms with Gasteiger partial charge < -0.3 is 14.6 Å². The quantitative estimate of drug-likeness (QED) is 0.738. The first kappa shape index (κ1) is 17.3. The summed E-state index contributed by atoms with van der Waals surface area (Å²) >= 11 is 0. The lowest BCUT2D eigenvalue weighted by molar-refractivity contribution is 0.220. The van der Waals surface area contributed by atoms with Gasteiger partial charge in [-0.05, 0) is 55.5 Å². The van der Waals surface area contributed by atoms with Gasteiger partial charge in [-0.25, -0.2) is 4.79 Å². The summed E-state index contributed by atoms with van der Waals surface area (Å²) < 4.78 is 5.41. The number of carbonyl (C=O) groups excluding carboxylic acids is 1. The van der Waals surface area contributed by atoms with E-state index in [0.717, 1.165) is 24.1 Å². The highest BCUT2D eigenvalue weighted by molar-refractivity contribution is 5.89. The van der Waals surface area contributed by atoms with E-state index in [4.69, 9.17) is 4.42 Å². The molecular formula is C19H22N6O2. The number of aromatic amines is 1. The van der Waals surface area contributed by atoms with Gasteiger partial charge in [0.15, 0.2) is 0 Å². The van der Waals surface area contributed by atoms with E-state index in [1.807, 2.05) is 24.3 Å². The Kier molecular flexibility index (Phi) is 4.62. The largest absolute Gasteiger partial charge is 0.421 e. The van der Waals surface area contributed by atoms with Gasteiger partial charge in [-0.1, -0.05) is 0 Å². The van der Waals surface area contributed by atoms with Crippen LogP contribution < -0.4 is 5.32 Å². The molecule has 0 radical (unpaired) electrons.